The van der Waals surface area contributed by atoms with Crippen molar-refractivity contribution >= 4 is 0 Å². The van der Waals surface area contributed by atoms with Crippen molar-refractivity contribution in [3.8, 4) is 0 Å². The van der Waals surface area contributed by atoms with E-state index >= 15 is 0 Å². The van der Waals surface area contributed by atoms with Crippen LogP contribution in [0.5, 0.6) is 0 Å². The molecular formula is C14H29N. The smallest absolute Gasteiger partial charge is 0.0280 e. The molecule has 0 aliphatic carbocycles. The Labute approximate surface area is 96.3 Å². The molecule has 90 valence electrons. The van der Waals surface area contributed by atoms with Crippen LogP contribution in [0.4, 0.5) is 0 Å². The largest absolute Gasteiger partial charge is 0.311 e. The highest BCUT2D eigenvalue weighted by Crippen LogP contribution is 2.18. The zero-order valence-electron chi connectivity index (χ0n) is 11.3. The van der Waals surface area contributed by atoms with Gasteiger partial charge in [0.1, 0.15) is 0 Å². The maximum atomic E-state index is 3.60. The first kappa shape index (κ1) is 14.7. The minimum atomic E-state index is 0.580. The number of unbranched alkanes of at least 4 members (excludes halogenated alkanes) is 1. The van der Waals surface area contributed by atoms with Crippen LogP contribution in [0, 0.1) is 5.92 Å². The first-order chi connectivity index (χ1) is 7.15. The molecule has 1 N–H and O–H groups in total. The topological polar surface area (TPSA) is 12.0 Å². The van der Waals surface area contributed by atoms with Gasteiger partial charge < -0.3 is 5.32 Å². The lowest BCUT2D eigenvalue weighted by Crippen LogP contribution is -2.34. The van der Waals surface area contributed by atoms with Crippen molar-refractivity contribution in [2.75, 3.05) is 6.54 Å². The van der Waals surface area contributed by atoms with Gasteiger partial charge in [-0.15, -0.1) is 0 Å². The number of rotatable bonds is 8. The summed E-state index contributed by atoms with van der Waals surface area (Å²) < 4.78 is 0. The molecule has 0 bridgehead atoms. The molecule has 15 heavy (non-hydrogen) atoms. The second kappa shape index (κ2) is 8.96. The molecule has 0 heterocycles. The molecule has 1 heteroatoms. The Kier molecular flexibility index (Phi) is 8.79. The van der Waals surface area contributed by atoms with Crippen LogP contribution in [0.1, 0.15) is 60.3 Å². The minimum Gasteiger partial charge on any atom is -0.311 e. The predicted molar refractivity (Wildman–Crippen MR) is 70.2 cm³/mol. The summed E-state index contributed by atoms with van der Waals surface area (Å²) in [4.78, 5) is 0. The Morgan fingerprint density at radius 1 is 1.20 bits per heavy atom. The van der Waals surface area contributed by atoms with Gasteiger partial charge in [0, 0.05) is 6.04 Å². The fraction of sp³-hybridized carbons (Fsp3) is 0.857. The summed E-state index contributed by atoms with van der Waals surface area (Å²) in [6.45, 7) is 12.2. The van der Waals surface area contributed by atoms with Crippen molar-refractivity contribution in [2.45, 2.75) is 66.3 Å². The van der Waals surface area contributed by atoms with Gasteiger partial charge in [0.15, 0.2) is 0 Å². The van der Waals surface area contributed by atoms with E-state index in [9.17, 15) is 0 Å². The third-order valence-corrected chi connectivity index (χ3v) is 2.91. The Bertz CT molecular complexity index is 168. The van der Waals surface area contributed by atoms with Crippen molar-refractivity contribution < 1.29 is 0 Å². The SMILES string of the molecule is CCCCC(CC)C(C=C(C)C)NCC. The van der Waals surface area contributed by atoms with Gasteiger partial charge in [0.2, 0.25) is 0 Å². The maximum Gasteiger partial charge on any atom is 0.0280 e. The molecule has 0 aliphatic rings. The van der Waals surface area contributed by atoms with Gasteiger partial charge in [-0.2, -0.15) is 0 Å². The van der Waals surface area contributed by atoms with Crippen molar-refractivity contribution in [1.29, 1.82) is 0 Å². The number of hydrogen-bond donors (Lipinski definition) is 1. The zero-order chi connectivity index (χ0) is 11.7. The van der Waals surface area contributed by atoms with E-state index in [0.29, 0.717) is 6.04 Å². The lowest BCUT2D eigenvalue weighted by atomic mass is 9.90. The molecular weight excluding hydrogens is 182 g/mol. The van der Waals surface area contributed by atoms with Gasteiger partial charge in [-0.3, -0.25) is 0 Å². The van der Waals surface area contributed by atoms with Gasteiger partial charge in [-0.05, 0) is 32.7 Å². The molecule has 0 saturated carbocycles. The molecule has 1 nitrogen and oxygen atoms in total. The van der Waals surface area contributed by atoms with E-state index in [1.165, 1.54) is 31.3 Å². The minimum absolute atomic E-state index is 0.580. The predicted octanol–water partition coefficient (Wildman–Crippen LogP) is 4.15. The average Bonchev–Trinajstić information content (AvgIpc) is 2.18. The van der Waals surface area contributed by atoms with Crippen LogP contribution in [-0.2, 0) is 0 Å². The van der Waals surface area contributed by atoms with Crippen LogP contribution in [0.2, 0.25) is 0 Å². The maximum absolute atomic E-state index is 3.60. The standard InChI is InChI=1S/C14H29N/c1-6-9-10-13(7-2)14(15-8-3)11-12(4)5/h11,13-15H,6-10H2,1-5H3. The van der Waals surface area contributed by atoms with Crippen LogP contribution in [0.25, 0.3) is 0 Å². The zero-order valence-corrected chi connectivity index (χ0v) is 11.3. The highest BCUT2D eigenvalue weighted by Gasteiger charge is 2.15. The fourth-order valence-electron chi connectivity index (χ4n) is 2.06. The summed E-state index contributed by atoms with van der Waals surface area (Å²) in [5, 5.41) is 3.60. The molecule has 0 fully saturated rings. The summed E-state index contributed by atoms with van der Waals surface area (Å²) in [5.41, 5.74) is 1.43. The van der Waals surface area contributed by atoms with Gasteiger partial charge in [-0.25, -0.2) is 0 Å². The Morgan fingerprint density at radius 3 is 2.27 bits per heavy atom. The highest BCUT2D eigenvalue weighted by atomic mass is 14.9. The molecule has 0 aromatic carbocycles. The van der Waals surface area contributed by atoms with Gasteiger partial charge in [-0.1, -0.05) is 51.7 Å². The van der Waals surface area contributed by atoms with Crippen molar-refractivity contribution in [3.63, 3.8) is 0 Å². The molecule has 2 unspecified atom stereocenters. The van der Waals surface area contributed by atoms with E-state index in [4.69, 9.17) is 0 Å². The van der Waals surface area contributed by atoms with E-state index in [-0.39, 0.29) is 0 Å². The fourth-order valence-corrected chi connectivity index (χ4v) is 2.06. The molecule has 0 radical (unpaired) electrons. The molecule has 0 spiro atoms. The van der Waals surface area contributed by atoms with Crippen LogP contribution in [-0.4, -0.2) is 12.6 Å². The molecule has 0 rings (SSSR count). The third-order valence-electron chi connectivity index (χ3n) is 2.91. The summed E-state index contributed by atoms with van der Waals surface area (Å²) in [6.07, 6.45) is 7.70. The van der Waals surface area contributed by atoms with E-state index in [1.54, 1.807) is 0 Å². The lowest BCUT2D eigenvalue weighted by Gasteiger charge is -2.25. The van der Waals surface area contributed by atoms with E-state index < -0.39 is 0 Å². The molecule has 2 atom stereocenters. The summed E-state index contributed by atoms with van der Waals surface area (Å²) in [5.74, 6) is 0.805. The Balaban J connectivity index is 4.33. The second-order valence-corrected chi connectivity index (χ2v) is 4.64. The number of likely N-dealkylation sites (N-methyl/N-ethyl adjacent to an activating group) is 1. The van der Waals surface area contributed by atoms with Crippen LogP contribution in [0.15, 0.2) is 11.6 Å². The van der Waals surface area contributed by atoms with Gasteiger partial charge in [0.05, 0.1) is 0 Å². The summed E-state index contributed by atoms with van der Waals surface area (Å²) in [6, 6.07) is 0.580. The van der Waals surface area contributed by atoms with Crippen LogP contribution >= 0.6 is 0 Å². The van der Waals surface area contributed by atoms with Crippen molar-refractivity contribution in [2.24, 2.45) is 5.92 Å². The quantitative estimate of drug-likeness (QED) is 0.595. The molecule has 0 saturated heterocycles. The summed E-state index contributed by atoms with van der Waals surface area (Å²) >= 11 is 0. The number of hydrogen-bond acceptors (Lipinski definition) is 1. The van der Waals surface area contributed by atoms with Gasteiger partial charge >= 0.3 is 0 Å². The first-order valence-corrected chi connectivity index (χ1v) is 6.54. The van der Waals surface area contributed by atoms with E-state index in [0.717, 1.165) is 12.5 Å². The molecule has 0 aromatic rings. The highest BCUT2D eigenvalue weighted by molar-refractivity contribution is 5.03. The normalized spacial score (nSPS) is 14.7. The molecule has 0 aromatic heterocycles. The summed E-state index contributed by atoms with van der Waals surface area (Å²) in [7, 11) is 0. The average molecular weight is 211 g/mol. The van der Waals surface area contributed by atoms with E-state index in [1.807, 2.05) is 0 Å². The Morgan fingerprint density at radius 2 is 1.87 bits per heavy atom. The second-order valence-electron chi connectivity index (χ2n) is 4.64. The monoisotopic (exact) mass is 211 g/mol. The first-order valence-electron chi connectivity index (χ1n) is 6.54. The van der Waals surface area contributed by atoms with Crippen LogP contribution in [0.3, 0.4) is 0 Å². The van der Waals surface area contributed by atoms with Crippen molar-refractivity contribution in [3.05, 3.63) is 11.6 Å². The lowest BCUT2D eigenvalue weighted by molar-refractivity contribution is 0.365. The van der Waals surface area contributed by atoms with E-state index in [2.05, 4.69) is 46.0 Å². The number of nitrogens with one attached hydrogen (secondary N) is 1. The molecule has 0 amide bonds. The Hall–Kier alpha value is -0.300. The third kappa shape index (κ3) is 6.72. The number of allylic oxidation sites excluding steroid dienone is 1. The molecule has 0 aliphatic heterocycles. The van der Waals surface area contributed by atoms with Crippen molar-refractivity contribution in [1.82, 2.24) is 5.32 Å². The van der Waals surface area contributed by atoms with Crippen LogP contribution < -0.4 is 5.32 Å². The van der Waals surface area contributed by atoms with Gasteiger partial charge in [0.25, 0.3) is 0 Å².